The third kappa shape index (κ3) is 3.94. The molecule has 2 aromatic rings. The molecule has 2 unspecified atom stereocenters. The molecule has 2 amide bonds. The summed E-state index contributed by atoms with van der Waals surface area (Å²) >= 11 is 6.05. The van der Waals surface area contributed by atoms with Crippen molar-refractivity contribution in [3.63, 3.8) is 0 Å². The maximum atomic E-state index is 12.4. The van der Waals surface area contributed by atoms with Gasteiger partial charge >= 0.3 is 0 Å². The van der Waals surface area contributed by atoms with Crippen LogP contribution in [0.15, 0.2) is 42.5 Å². The Morgan fingerprint density at radius 1 is 1.12 bits per heavy atom. The average Bonchev–Trinajstić information content (AvgIpc) is 3.33. The quantitative estimate of drug-likeness (QED) is 0.841. The van der Waals surface area contributed by atoms with Crippen LogP contribution in [0.2, 0.25) is 5.02 Å². The van der Waals surface area contributed by atoms with Crippen LogP contribution in [0.25, 0.3) is 0 Å². The van der Waals surface area contributed by atoms with Crippen molar-refractivity contribution < 1.29 is 14.3 Å². The monoisotopic (exact) mass is 358 g/mol. The van der Waals surface area contributed by atoms with Gasteiger partial charge in [-0.3, -0.25) is 9.59 Å². The molecule has 0 saturated heterocycles. The van der Waals surface area contributed by atoms with Crippen molar-refractivity contribution in [2.24, 2.45) is 11.8 Å². The van der Waals surface area contributed by atoms with E-state index >= 15 is 0 Å². The molecule has 2 aromatic carbocycles. The summed E-state index contributed by atoms with van der Waals surface area (Å²) in [6, 6.07) is 11.9. The van der Waals surface area contributed by atoms with E-state index in [1.165, 1.54) is 7.11 Å². The van der Waals surface area contributed by atoms with Crippen molar-refractivity contribution in [3.8, 4) is 5.75 Å². The fraction of sp³-hybridized carbons (Fsp3) is 0.263. The molecule has 0 heterocycles. The van der Waals surface area contributed by atoms with Crippen molar-refractivity contribution in [2.45, 2.75) is 13.3 Å². The zero-order valence-corrected chi connectivity index (χ0v) is 14.8. The largest absolute Gasteiger partial charge is 0.493 e. The number of hydrogen-bond donors (Lipinski definition) is 2. The van der Waals surface area contributed by atoms with Crippen molar-refractivity contribution in [1.29, 1.82) is 0 Å². The summed E-state index contributed by atoms with van der Waals surface area (Å²) < 4.78 is 5.22. The average molecular weight is 359 g/mol. The minimum atomic E-state index is -0.283. The molecule has 6 heteroatoms. The second-order valence-electron chi connectivity index (χ2n) is 6.16. The highest BCUT2D eigenvalue weighted by molar-refractivity contribution is 6.32. The predicted molar refractivity (Wildman–Crippen MR) is 98.3 cm³/mol. The SMILES string of the molecule is COc1c(Cl)cccc1NC(=O)c1ccc(NC(=O)C2CC2C)cc1. The Bertz CT molecular complexity index is 805. The molecule has 0 aliphatic heterocycles. The molecule has 1 saturated carbocycles. The number of nitrogens with one attached hydrogen (secondary N) is 2. The highest BCUT2D eigenvalue weighted by Gasteiger charge is 2.39. The van der Waals surface area contributed by atoms with Gasteiger partial charge in [0.2, 0.25) is 5.91 Å². The number of methoxy groups -OCH3 is 1. The maximum Gasteiger partial charge on any atom is 0.255 e. The summed E-state index contributed by atoms with van der Waals surface area (Å²) in [6.07, 6.45) is 0.938. The van der Waals surface area contributed by atoms with Crippen LogP contribution < -0.4 is 15.4 Å². The predicted octanol–water partition coefficient (Wildman–Crippen LogP) is 4.20. The van der Waals surface area contributed by atoms with Gasteiger partial charge in [0.15, 0.2) is 5.75 Å². The van der Waals surface area contributed by atoms with Crippen LogP contribution in [-0.2, 0) is 4.79 Å². The fourth-order valence-corrected chi connectivity index (χ4v) is 2.89. The molecule has 0 aromatic heterocycles. The lowest BCUT2D eigenvalue weighted by atomic mass is 10.1. The molecule has 0 bridgehead atoms. The van der Waals surface area contributed by atoms with Crippen LogP contribution in [0, 0.1) is 11.8 Å². The number of anilines is 2. The molecule has 3 rings (SSSR count). The zero-order chi connectivity index (χ0) is 18.0. The Kier molecular flexibility index (Phi) is 4.95. The van der Waals surface area contributed by atoms with Crippen LogP contribution in [0.1, 0.15) is 23.7 Å². The Balaban J connectivity index is 1.67. The molecular weight excluding hydrogens is 340 g/mol. The standard InChI is InChI=1S/C19H19ClN2O3/c1-11-10-14(11)19(24)21-13-8-6-12(7-9-13)18(23)22-16-5-3-4-15(20)17(16)25-2/h3-9,11,14H,10H2,1-2H3,(H,21,24)(H,22,23). The second kappa shape index (κ2) is 7.15. The van der Waals surface area contributed by atoms with Gasteiger partial charge in [0.25, 0.3) is 5.91 Å². The Morgan fingerprint density at radius 3 is 2.40 bits per heavy atom. The molecular formula is C19H19ClN2O3. The lowest BCUT2D eigenvalue weighted by molar-refractivity contribution is -0.117. The third-order valence-corrected chi connectivity index (χ3v) is 4.58. The van der Waals surface area contributed by atoms with Crippen molar-refractivity contribution in [1.82, 2.24) is 0 Å². The number of carbonyl (C=O) groups excluding carboxylic acids is 2. The van der Waals surface area contributed by atoms with E-state index in [2.05, 4.69) is 17.6 Å². The van der Waals surface area contributed by atoms with Gasteiger partial charge in [0.1, 0.15) is 0 Å². The van der Waals surface area contributed by atoms with Gasteiger partial charge in [-0.05, 0) is 48.7 Å². The molecule has 130 valence electrons. The van der Waals surface area contributed by atoms with E-state index in [0.29, 0.717) is 33.6 Å². The number of halogens is 1. The first-order valence-electron chi connectivity index (χ1n) is 8.04. The lowest BCUT2D eigenvalue weighted by Gasteiger charge is -2.11. The van der Waals surface area contributed by atoms with E-state index < -0.39 is 0 Å². The summed E-state index contributed by atoms with van der Waals surface area (Å²) in [5, 5.41) is 6.07. The van der Waals surface area contributed by atoms with Crippen LogP contribution in [0.5, 0.6) is 5.75 Å². The van der Waals surface area contributed by atoms with Crippen LogP contribution in [-0.4, -0.2) is 18.9 Å². The highest BCUT2D eigenvalue weighted by Crippen LogP contribution is 2.38. The summed E-state index contributed by atoms with van der Waals surface area (Å²) in [5.41, 5.74) is 1.65. The van der Waals surface area contributed by atoms with E-state index in [1.807, 2.05) is 0 Å². The van der Waals surface area contributed by atoms with E-state index in [1.54, 1.807) is 42.5 Å². The number of amides is 2. The molecule has 25 heavy (non-hydrogen) atoms. The number of ether oxygens (including phenoxy) is 1. The van der Waals surface area contributed by atoms with Gasteiger partial charge < -0.3 is 15.4 Å². The zero-order valence-electron chi connectivity index (χ0n) is 14.0. The van der Waals surface area contributed by atoms with Crippen molar-refractivity contribution in [3.05, 3.63) is 53.1 Å². The first-order valence-corrected chi connectivity index (χ1v) is 8.42. The summed E-state index contributed by atoms with van der Waals surface area (Å²) in [5.74, 6) is 0.735. The number of rotatable bonds is 5. The maximum absolute atomic E-state index is 12.4. The Labute approximate surface area is 151 Å². The minimum Gasteiger partial charge on any atom is -0.493 e. The van der Waals surface area contributed by atoms with Gasteiger partial charge in [0.05, 0.1) is 17.8 Å². The number of benzene rings is 2. The van der Waals surface area contributed by atoms with Gasteiger partial charge in [0, 0.05) is 17.2 Å². The number of hydrogen-bond acceptors (Lipinski definition) is 3. The van der Waals surface area contributed by atoms with E-state index in [0.717, 1.165) is 6.42 Å². The summed E-state index contributed by atoms with van der Waals surface area (Å²) in [7, 11) is 1.50. The fourth-order valence-electron chi connectivity index (χ4n) is 2.64. The molecule has 1 fully saturated rings. The smallest absolute Gasteiger partial charge is 0.255 e. The normalized spacial score (nSPS) is 18.4. The van der Waals surface area contributed by atoms with Gasteiger partial charge in [-0.25, -0.2) is 0 Å². The van der Waals surface area contributed by atoms with Gasteiger partial charge in [-0.15, -0.1) is 0 Å². The summed E-state index contributed by atoms with van der Waals surface area (Å²) in [6.45, 7) is 2.06. The first-order chi connectivity index (χ1) is 12.0. The van der Waals surface area contributed by atoms with E-state index in [9.17, 15) is 9.59 Å². The first kappa shape index (κ1) is 17.3. The molecule has 0 spiro atoms. The van der Waals surface area contributed by atoms with Gasteiger partial charge in [-0.2, -0.15) is 0 Å². The van der Waals surface area contributed by atoms with E-state index in [-0.39, 0.29) is 17.7 Å². The minimum absolute atomic E-state index is 0.0355. The highest BCUT2D eigenvalue weighted by atomic mass is 35.5. The molecule has 0 radical (unpaired) electrons. The summed E-state index contributed by atoms with van der Waals surface area (Å²) in [4.78, 5) is 24.3. The molecule has 5 nitrogen and oxygen atoms in total. The lowest BCUT2D eigenvalue weighted by Crippen LogP contribution is -2.15. The van der Waals surface area contributed by atoms with Crippen LogP contribution >= 0.6 is 11.6 Å². The number of para-hydroxylation sites is 1. The Morgan fingerprint density at radius 2 is 1.80 bits per heavy atom. The topological polar surface area (TPSA) is 67.4 Å². The van der Waals surface area contributed by atoms with Crippen LogP contribution in [0.3, 0.4) is 0 Å². The Hall–Kier alpha value is -2.53. The number of carbonyl (C=O) groups is 2. The second-order valence-corrected chi connectivity index (χ2v) is 6.57. The van der Waals surface area contributed by atoms with Crippen LogP contribution in [0.4, 0.5) is 11.4 Å². The molecule has 2 N–H and O–H groups in total. The molecule has 1 aliphatic rings. The molecule has 2 atom stereocenters. The van der Waals surface area contributed by atoms with Crippen molar-refractivity contribution >= 4 is 34.8 Å². The van der Waals surface area contributed by atoms with Gasteiger partial charge in [-0.1, -0.05) is 24.6 Å². The van der Waals surface area contributed by atoms with Crippen molar-refractivity contribution in [2.75, 3.05) is 17.7 Å². The third-order valence-electron chi connectivity index (χ3n) is 4.28. The molecule has 1 aliphatic carbocycles. The van der Waals surface area contributed by atoms with E-state index in [4.69, 9.17) is 16.3 Å².